The zero-order valence-corrected chi connectivity index (χ0v) is 12.2. The summed E-state index contributed by atoms with van der Waals surface area (Å²) in [5.74, 6) is 0.989. The third-order valence-corrected chi connectivity index (χ3v) is 4.37. The molecule has 1 aromatic rings. The molecule has 1 aliphatic heterocycles. The predicted molar refractivity (Wildman–Crippen MR) is 79.5 cm³/mol. The number of rotatable bonds is 6. The zero-order chi connectivity index (χ0) is 14.7. The summed E-state index contributed by atoms with van der Waals surface area (Å²) in [5.41, 5.74) is 2.43. The molecule has 1 aromatic carbocycles. The maximum absolute atomic E-state index is 11.7. The van der Waals surface area contributed by atoms with Crippen LogP contribution in [-0.2, 0) is 12.8 Å². The van der Waals surface area contributed by atoms with Gasteiger partial charge in [-0.3, -0.25) is 0 Å². The second kappa shape index (κ2) is 5.93. The van der Waals surface area contributed by atoms with E-state index in [0.717, 1.165) is 38.0 Å². The first-order valence-corrected chi connectivity index (χ1v) is 7.58. The van der Waals surface area contributed by atoms with E-state index in [4.69, 9.17) is 4.74 Å². The molecule has 5 nitrogen and oxygen atoms in total. The predicted octanol–water partition coefficient (Wildman–Crippen LogP) is 1.24. The molecule has 21 heavy (non-hydrogen) atoms. The molecule has 0 unspecified atom stereocenters. The van der Waals surface area contributed by atoms with Crippen LogP contribution in [0, 0.1) is 5.41 Å². The summed E-state index contributed by atoms with van der Waals surface area (Å²) in [6.45, 7) is 2.10. The molecule has 1 heterocycles. The lowest BCUT2D eigenvalue weighted by atomic mass is 10.1. The van der Waals surface area contributed by atoms with E-state index in [1.54, 1.807) is 0 Å². The Kier molecular flexibility index (Phi) is 4.01. The van der Waals surface area contributed by atoms with Gasteiger partial charge in [0.15, 0.2) is 0 Å². The molecule has 0 saturated heterocycles. The molecule has 1 saturated carbocycles. The Morgan fingerprint density at radius 1 is 1.33 bits per heavy atom. The van der Waals surface area contributed by atoms with Crippen molar-refractivity contribution < 1.29 is 14.6 Å². The maximum atomic E-state index is 11.7. The van der Waals surface area contributed by atoms with Crippen LogP contribution in [0.4, 0.5) is 4.79 Å². The van der Waals surface area contributed by atoms with E-state index in [0.29, 0.717) is 13.1 Å². The molecular formula is C16H22N2O3. The van der Waals surface area contributed by atoms with Crippen molar-refractivity contribution in [1.82, 2.24) is 10.6 Å². The number of nitrogens with one attached hydrogen (secondary N) is 2. The number of carbonyl (C=O) groups excluding carboxylic acids is 1. The highest BCUT2D eigenvalue weighted by Crippen LogP contribution is 2.44. The molecule has 0 atom stereocenters. The minimum Gasteiger partial charge on any atom is -0.493 e. The lowest BCUT2D eigenvalue weighted by molar-refractivity contribution is 0.203. The largest absolute Gasteiger partial charge is 0.493 e. The molecular weight excluding hydrogens is 268 g/mol. The van der Waals surface area contributed by atoms with Crippen molar-refractivity contribution in [2.24, 2.45) is 5.41 Å². The maximum Gasteiger partial charge on any atom is 0.314 e. The van der Waals surface area contributed by atoms with Crippen LogP contribution in [0.3, 0.4) is 0 Å². The zero-order valence-electron chi connectivity index (χ0n) is 12.2. The van der Waals surface area contributed by atoms with Crippen LogP contribution in [0.15, 0.2) is 18.2 Å². The average Bonchev–Trinajstić information content (AvgIpc) is 3.14. The SMILES string of the molecule is O=C(NCCc1ccc2c(c1)CCO2)NCC1(CO)CC1. The summed E-state index contributed by atoms with van der Waals surface area (Å²) in [6, 6.07) is 6.07. The van der Waals surface area contributed by atoms with E-state index in [1.807, 2.05) is 6.07 Å². The monoisotopic (exact) mass is 290 g/mol. The summed E-state index contributed by atoms with van der Waals surface area (Å²) < 4.78 is 5.48. The van der Waals surface area contributed by atoms with Crippen molar-refractivity contribution in [1.29, 1.82) is 0 Å². The molecule has 5 heteroatoms. The fraction of sp³-hybridized carbons (Fsp3) is 0.562. The van der Waals surface area contributed by atoms with Gasteiger partial charge in [0.2, 0.25) is 0 Å². The van der Waals surface area contributed by atoms with E-state index in [1.165, 1.54) is 11.1 Å². The summed E-state index contributed by atoms with van der Waals surface area (Å²) in [5, 5.41) is 14.9. The number of hydrogen-bond donors (Lipinski definition) is 3. The Labute approximate surface area is 124 Å². The van der Waals surface area contributed by atoms with E-state index in [-0.39, 0.29) is 18.1 Å². The Balaban J connectivity index is 1.38. The number of benzene rings is 1. The summed E-state index contributed by atoms with van der Waals surface area (Å²) in [7, 11) is 0. The van der Waals surface area contributed by atoms with Gasteiger partial charge in [0, 0.05) is 24.9 Å². The minimum absolute atomic E-state index is 0.0443. The van der Waals surface area contributed by atoms with Crippen LogP contribution in [-0.4, -0.2) is 37.4 Å². The van der Waals surface area contributed by atoms with Crippen LogP contribution in [0.2, 0.25) is 0 Å². The second-order valence-electron chi connectivity index (χ2n) is 6.06. The van der Waals surface area contributed by atoms with Gasteiger partial charge in [-0.2, -0.15) is 0 Å². The summed E-state index contributed by atoms with van der Waals surface area (Å²) in [6.07, 6.45) is 3.79. The quantitative estimate of drug-likeness (QED) is 0.738. The summed E-state index contributed by atoms with van der Waals surface area (Å²) in [4.78, 5) is 11.7. The average molecular weight is 290 g/mol. The Bertz CT molecular complexity index is 526. The number of urea groups is 1. The first kappa shape index (κ1) is 14.2. The van der Waals surface area contributed by atoms with E-state index >= 15 is 0 Å². The van der Waals surface area contributed by atoms with Crippen LogP contribution in [0.1, 0.15) is 24.0 Å². The minimum atomic E-state index is -0.154. The van der Waals surface area contributed by atoms with Crippen molar-refractivity contribution in [2.45, 2.75) is 25.7 Å². The van der Waals surface area contributed by atoms with Gasteiger partial charge in [-0.05, 0) is 36.5 Å². The molecule has 114 valence electrons. The third-order valence-electron chi connectivity index (χ3n) is 4.37. The van der Waals surface area contributed by atoms with Gasteiger partial charge in [-0.25, -0.2) is 4.79 Å². The fourth-order valence-corrected chi connectivity index (χ4v) is 2.61. The van der Waals surface area contributed by atoms with Crippen molar-refractivity contribution in [3.63, 3.8) is 0 Å². The van der Waals surface area contributed by atoms with Gasteiger partial charge in [0.1, 0.15) is 5.75 Å². The van der Waals surface area contributed by atoms with Gasteiger partial charge in [0.05, 0.1) is 13.2 Å². The van der Waals surface area contributed by atoms with Gasteiger partial charge in [0.25, 0.3) is 0 Å². The fourth-order valence-electron chi connectivity index (χ4n) is 2.61. The number of aliphatic hydroxyl groups is 1. The highest BCUT2D eigenvalue weighted by atomic mass is 16.5. The first-order chi connectivity index (χ1) is 10.2. The van der Waals surface area contributed by atoms with Crippen molar-refractivity contribution >= 4 is 6.03 Å². The lowest BCUT2D eigenvalue weighted by Gasteiger charge is -2.13. The third kappa shape index (κ3) is 3.47. The molecule has 1 fully saturated rings. The smallest absolute Gasteiger partial charge is 0.314 e. The van der Waals surface area contributed by atoms with Crippen molar-refractivity contribution in [3.8, 4) is 5.75 Å². The standard InChI is InChI=1S/C16H22N2O3/c19-11-16(5-6-16)10-18-15(20)17-7-3-12-1-2-14-13(9-12)4-8-21-14/h1-2,9,19H,3-8,10-11H2,(H2,17,18,20). The van der Waals surface area contributed by atoms with Crippen LogP contribution < -0.4 is 15.4 Å². The van der Waals surface area contributed by atoms with Crippen LogP contribution >= 0.6 is 0 Å². The second-order valence-corrected chi connectivity index (χ2v) is 6.06. The number of fused-ring (bicyclic) bond motifs is 1. The lowest BCUT2D eigenvalue weighted by Crippen LogP contribution is -2.40. The van der Waals surface area contributed by atoms with Crippen molar-refractivity contribution in [3.05, 3.63) is 29.3 Å². The van der Waals surface area contributed by atoms with E-state index in [9.17, 15) is 9.90 Å². The Hall–Kier alpha value is -1.75. The van der Waals surface area contributed by atoms with Crippen LogP contribution in [0.5, 0.6) is 5.75 Å². The van der Waals surface area contributed by atoms with Gasteiger partial charge in [-0.1, -0.05) is 12.1 Å². The molecule has 3 rings (SSSR count). The number of amides is 2. The molecule has 0 aromatic heterocycles. The first-order valence-electron chi connectivity index (χ1n) is 7.58. The Morgan fingerprint density at radius 2 is 2.19 bits per heavy atom. The van der Waals surface area contributed by atoms with E-state index < -0.39 is 0 Å². The molecule has 0 bridgehead atoms. The summed E-state index contributed by atoms with van der Waals surface area (Å²) >= 11 is 0. The van der Waals surface area contributed by atoms with Crippen LogP contribution in [0.25, 0.3) is 0 Å². The van der Waals surface area contributed by atoms with Gasteiger partial charge < -0.3 is 20.5 Å². The molecule has 1 aliphatic carbocycles. The van der Waals surface area contributed by atoms with Gasteiger partial charge in [-0.15, -0.1) is 0 Å². The molecule has 0 spiro atoms. The number of hydrogen-bond acceptors (Lipinski definition) is 3. The highest BCUT2D eigenvalue weighted by Gasteiger charge is 2.42. The number of ether oxygens (including phenoxy) is 1. The molecule has 0 radical (unpaired) electrons. The topological polar surface area (TPSA) is 70.6 Å². The normalized spacial score (nSPS) is 17.8. The van der Waals surface area contributed by atoms with Gasteiger partial charge >= 0.3 is 6.03 Å². The Morgan fingerprint density at radius 3 is 2.95 bits per heavy atom. The van der Waals surface area contributed by atoms with Crippen molar-refractivity contribution in [2.75, 3.05) is 26.3 Å². The molecule has 2 aliphatic rings. The number of aliphatic hydroxyl groups excluding tert-OH is 1. The highest BCUT2D eigenvalue weighted by molar-refractivity contribution is 5.73. The van der Waals surface area contributed by atoms with E-state index in [2.05, 4.69) is 22.8 Å². The molecule has 3 N–H and O–H groups in total. The molecule has 2 amide bonds. The number of carbonyl (C=O) groups is 1.